The van der Waals surface area contributed by atoms with Crippen LogP contribution in [0.5, 0.6) is 0 Å². The Balaban J connectivity index is 1.90. The molecule has 1 saturated heterocycles. The van der Waals surface area contributed by atoms with Crippen LogP contribution in [0.15, 0.2) is 5.51 Å². The van der Waals surface area contributed by atoms with E-state index in [1.165, 1.54) is 25.8 Å². The van der Waals surface area contributed by atoms with Gasteiger partial charge >= 0.3 is 0 Å². The molecule has 4 nitrogen and oxygen atoms in total. The molecule has 84 valence electrons. The number of nitrogens with zero attached hydrogens (tertiary/aromatic N) is 3. The zero-order chi connectivity index (χ0) is 10.5. The van der Waals surface area contributed by atoms with Gasteiger partial charge in [-0.15, -0.1) is 10.2 Å². The minimum Gasteiger partial charge on any atom is -0.345 e. The van der Waals surface area contributed by atoms with E-state index in [0.29, 0.717) is 6.04 Å². The molecular formula is C10H18N4S. The van der Waals surface area contributed by atoms with E-state index in [9.17, 15) is 0 Å². The molecule has 0 bridgehead atoms. The van der Waals surface area contributed by atoms with Crippen molar-refractivity contribution in [3.63, 3.8) is 0 Å². The fourth-order valence-corrected chi connectivity index (χ4v) is 2.63. The van der Waals surface area contributed by atoms with Crippen LogP contribution in [0, 0.1) is 0 Å². The number of nitrogens with one attached hydrogen (secondary N) is 1. The van der Waals surface area contributed by atoms with Crippen molar-refractivity contribution in [2.75, 3.05) is 24.5 Å². The Labute approximate surface area is 94.7 Å². The van der Waals surface area contributed by atoms with Gasteiger partial charge in [-0.1, -0.05) is 17.8 Å². The lowest BCUT2D eigenvalue weighted by Gasteiger charge is -2.29. The molecule has 15 heavy (non-hydrogen) atoms. The average molecular weight is 226 g/mol. The molecule has 1 aromatic rings. The monoisotopic (exact) mass is 226 g/mol. The zero-order valence-corrected chi connectivity index (χ0v) is 9.96. The maximum absolute atomic E-state index is 4.12. The molecule has 0 spiro atoms. The second-order valence-corrected chi connectivity index (χ2v) is 4.72. The molecule has 1 atom stereocenters. The molecule has 0 aliphatic carbocycles. The largest absolute Gasteiger partial charge is 0.345 e. The van der Waals surface area contributed by atoms with E-state index in [4.69, 9.17) is 0 Å². The highest BCUT2D eigenvalue weighted by Gasteiger charge is 2.17. The molecule has 0 amide bonds. The Hall–Kier alpha value is -0.680. The van der Waals surface area contributed by atoms with E-state index >= 15 is 0 Å². The van der Waals surface area contributed by atoms with Gasteiger partial charge in [-0.05, 0) is 26.3 Å². The van der Waals surface area contributed by atoms with Crippen molar-refractivity contribution < 1.29 is 0 Å². The summed E-state index contributed by atoms with van der Waals surface area (Å²) in [5, 5.41) is 12.6. The smallest absolute Gasteiger partial charge is 0.208 e. The third kappa shape index (κ3) is 2.89. The Bertz CT molecular complexity index is 269. The van der Waals surface area contributed by atoms with Crippen molar-refractivity contribution in [3.05, 3.63) is 5.51 Å². The van der Waals surface area contributed by atoms with Crippen molar-refractivity contribution in [3.8, 4) is 0 Å². The van der Waals surface area contributed by atoms with E-state index in [-0.39, 0.29) is 0 Å². The van der Waals surface area contributed by atoms with Crippen LogP contribution in [-0.2, 0) is 0 Å². The van der Waals surface area contributed by atoms with Gasteiger partial charge in [0.05, 0.1) is 0 Å². The molecule has 1 fully saturated rings. The minimum absolute atomic E-state index is 0.627. The predicted molar refractivity (Wildman–Crippen MR) is 63.4 cm³/mol. The van der Waals surface area contributed by atoms with Gasteiger partial charge < -0.3 is 10.2 Å². The Morgan fingerprint density at radius 1 is 1.60 bits per heavy atom. The number of hydrogen-bond donors (Lipinski definition) is 1. The van der Waals surface area contributed by atoms with E-state index in [0.717, 1.165) is 18.2 Å². The first-order valence-electron chi connectivity index (χ1n) is 5.64. The molecule has 2 heterocycles. The molecule has 2 rings (SSSR count). The first-order valence-corrected chi connectivity index (χ1v) is 6.52. The summed E-state index contributed by atoms with van der Waals surface area (Å²) in [6, 6.07) is 0.627. The van der Waals surface area contributed by atoms with E-state index in [2.05, 4.69) is 27.3 Å². The molecule has 0 saturated carbocycles. The minimum atomic E-state index is 0.627. The van der Waals surface area contributed by atoms with E-state index in [1.807, 2.05) is 0 Å². The summed E-state index contributed by atoms with van der Waals surface area (Å²) < 4.78 is 0. The van der Waals surface area contributed by atoms with Crippen molar-refractivity contribution in [1.29, 1.82) is 0 Å². The summed E-state index contributed by atoms with van der Waals surface area (Å²) in [5.41, 5.74) is 1.80. The molecule has 5 heteroatoms. The van der Waals surface area contributed by atoms with Gasteiger partial charge in [0, 0.05) is 19.1 Å². The summed E-state index contributed by atoms with van der Waals surface area (Å²) in [7, 11) is 0. The van der Waals surface area contributed by atoms with Crippen LogP contribution in [0.3, 0.4) is 0 Å². The molecule has 0 aromatic carbocycles. The summed E-state index contributed by atoms with van der Waals surface area (Å²) in [6.45, 7) is 5.40. The Morgan fingerprint density at radius 3 is 3.13 bits per heavy atom. The number of anilines is 1. The average Bonchev–Trinajstić information content (AvgIpc) is 2.81. The van der Waals surface area contributed by atoms with Crippen LogP contribution in [0.2, 0.25) is 0 Å². The third-order valence-corrected chi connectivity index (χ3v) is 3.60. The van der Waals surface area contributed by atoms with Crippen LogP contribution >= 0.6 is 11.3 Å². The highest BCUT2D eigenvalue weighted by molar-refractivity contribution is 7.13. The van der Waals surface area contributed by atoms with Gasteiger partial charge in [0.15, 0.2) is 0 Å². The van der Waals surface area contributed by atoms with Crippen molar-refractivity contribution in [2.24, 2.45) is 0 Å². The fourth-order valence-electron chi connectivity index (χ4n) is 1.99. The molecule has 1 aromatic heterocycles. The van der Waals surface area contributed by atoms with Gasteiger partial charge in [0.2, 0.25) is 5.13 Å². The Kier molecular flexibility index (Phi) is 3.91. The highest BCUT2D eigenvalue weighted by Crippen LogP contribution is 2.17. The molecule has 1 aliphatic rings. The number of likely N-dealkylation sites (N-methyl/N-ethyl adjacent to an activating group) is 1. The fraction of sp³-hybridized carbons (Fsp3) is 0.800. The molecule has 1 unspecified atom stereocenters. The first-order chi connectivity index (χ1) is 7.40. The second-order valence-electron chi connectivity index (χ2n) is 3.91. The summed E-state index contributed by atoms with van der Waals surface area (Å²) in [6.07, 6.45) is 3.96. The topological polar surface area (TPSA) is 41.0 Å². The standard InChI is InChI=1S/C10H18N4S/c1-2-14(10-13-12-8-15-10)7-9-5-3-4-6-11-9/h8-9,11H,2-7H2,1H3. The van der Waals surface area contributed by atoms with Gasteiger partial charge in [-0.3, -0.25) is 0 Å². The third-order valence-electron chi connectivity index (χ3n) is 2.85. The van der Waals surface area contributed by atoms with E-state index < -0.39 is 0 Å². The number of hydrogen-bond acceptors (Lipinski definition) is 5. The second kappa shape index (κ2) is 5.42. The Morgan fingerprint density at radius 2 is 2.53 bits per heavy atom. The normalized spacial score (nSPS) is 21.5. The zero-order valence-electron chi connectivity index (χ0n) is 9.15. The lowest BCUT2D eigenvalue weighted by molar-refractivity contribution is 0.400. The van der Waals surface area contributed by atoms with Gasteiger partial charge in [-0.25, -0.2) is 0 Å². The number of rotatable bonds is 4. The number of aromatic nitrogens is 2. The van der Waals surface area contributed by atoms with Crippen LogP contribution in [0.25, 0.3) is 0 Å². The maximum atomic E-state index is 4.12. The SMILES string of the molecule is CCN(CC1CCCCN1)c1nncs1. The van der Waals surface area contributed by atoms with Crippen LogP contribution in [-0.4, -0.2) is 35.9 Å². The lowest BCUT2D eigenvalue weighted by Crippen LogP contribution is -2.43. The summed E-state index contributed by atoms with van der Waals surface area (Å²) in [5.74, 6) is 0. The van der Waals surface area contributed by atoms with Crippen LogP contribution in [0.1, 0.15) is 26.2 Å². The molecule has 1 aliphatic heterocycles. The van der Waals surface area contributed by atoms with Gasteiger partial charge in [0.25, 0.3) is 0 Å². The quantitative estimate of drug-likeness (QED) is 0.845. The van der Waals surface area contributed by atoms with Gasteiger partial charge in [-0.2, -0.15) is 0 Å². The van der Waals surface area contributed by atoms with Crippen molar-refractivity contribution in [1.82, 2.24) is 15.5 Å². The van der Waals surface area contributed by atoms with E-state index in [1.54, 1.807) is 16.8 Å². The van der Waals surface area contributed by atoms with Crippen molar-refractivity contribution >= 4 is 16.5 Å². The molecule has 1 N–H and O–H groups in total. The summed E-state index contributed by atoms with van der Waals surface area (Å²) >= 11 is 1.62. The highest BCUT2D eigenvalue weighted by atomic mass is 32.1. The van der Waals surface area contributed by atoms with Crippen molar-refractivity contribution in [2.45, 2.75) is 32.2 Å². The first kappa shape index (κ1) is 10.8. The summed E-state index contributed by atoms with van der Waals surface area (Å²) in [4.78, 5) is 2.31. The maximum Gasteiger partial charge on any atom is 0.208 e. The molecule has 0 radical (unpaired) electrons. The molecular weight excluding hydrogens is 208 g/mol. The lowest BCUT2D eigenvalue weighted by atomic mass is 10.0. The predicted octanol–water partition coefficient (Wildman–Crippen LogP) is 1.51. The van der Waals surface area contributed by atoms with Gasteiger partial charge in [0.1, 0.15) is 5.51 Å². The van der Waals surface area contributed by atoms with Crippen LogP contribution < -0.4 is 10.2 Å². The van der Waals surface area contributed by atoms with Crippen LogP contribution in [0.4, 0.5) is 5.13 Å². The number of piperidine rings is 1.